The summed E-state index contributed by atoms with van der Waals surface area (Å²) in [5.41, 5.74) is 22.4. The zero-order chi connectivity index (χ0) is 39.7. The molecule has 0 amide bonds. The van der Waals surface area contributed by atoms with Crippen molar-refractivity contribution in [1.82, 2.24) is 0 Å². The highest BCUT2D eigenvalue weighted by Gasteiger charge is 2.49. The molecular formula is C58H39NO. The minimum absolute atomic E-state index is 0.160. The third kappa shape index (κ3) is 4.27. The summed E-state index contributed by atoms with van der Waals surface area (Å²) < 4.78 is 6.84. The Kier molecular flexibility index (Phi) is 6.74. The fourth-order valence-corrected chi connectivity index (χ4v) is 11.3. The summed E-state index contributed by atoms with van der Waals surface area (Å²) in [7, 11) is 0. The summed E-state index contributed by atoms with van der Waals surface area (Å²) in [4.78, 5) is 2.44. The van der Waals surface area contributed by atoms with Crippen LogP contribution in [0.25, 0.3) is 66.4 Å². The average Bonchev–Trinajstić information content (AvgIpc) is 3.88. The van der Waals surface area contributed by atoms with Gasteiger partial charge in [0.2, 0.25) is 0 Å². The maximum atomic E-state index is 6.84. The van der Waals surface area contributed by atoms with Crippen LogP contribution in [0.15, 0.2) is 205 Å². The zero-order valence-corrected chi connectivity index (χ0v) is 33.4. The Morgan fingerprint density at radius 3 is 1.50 bits per heavy atom. The smallest absolute Gasteiger partial charge is 0.159 e. The molecule has 0 radical (unpaired) electrons. The Hall–Kier alpha value is -7.42. The number of nitrogens with zero attached hydrogens (tertiary/aromatic N) is 1. The van der Waals surface area contributed by atoms with Crippen LogP contribution < -0.4 is 4.90 Å². The molecule has 2 heteroatoms. The first kappa shape index (κ1) is 33.5. The highest BCUT2D eigenvalue weighted by Crippen LogP contribution is 2.62. The molecule has 2 nitrogen and oxygen atoms in total. The monoisotopic (exact) mass is 765 g/mol. The lowest BCUT2D eigenvalue weighted by molar-refractivity contribution is 0.660. The molecule has 1 aromatic heterocycles. The fourth-order valence-electron chi connectivity index (χ4n) is 11.3. The van der Waals surface area contributed by atoms with E-state index in [1.807, 2.05) is 0 Å². The van der Waals surface area contributed by atoms with Gasteiger partial charge in [0.05, 0.1) is 11.1 Å². The number of para-hydroxylation sites is 2. The minimum atomic E-state index is -0.538. The zero-order valence-electron chi connectivity index (χ0n) is 33.4. The van der Waals surface area contributed by atoms with E-state index in [1.54, 1.807) is 0 Å². The molecule has 0 aliphatic heterocycles. The van der Waals surface area contributed by atoms with Crippen molar-refractivity contribution in [1.29, 1.82) is 0 Å². The van der Waals surface area contributed by atoms with E-state index in [-0.39, 0.29) is 5.41 Å². The maximum Gasteiger partial charge on any atom is 0.159 e. The summed E-state index contributed by atoms with van der Waals surface area (Å²) in [6, 6.07) is 74.4. The predicted octanol–water partition coefficient (Wildman–Crippen LogP) is 15.4. The molecular weight excluding hydrogens is 727 g/mol. The molecule has 0 atom stereocenters. The van der Waals surface area contributed by atoms with Crippen LogP contribution in [-0.4, -0.2) is 0 Å². The molecule has 0 unspecified atom stereocenters. The fraction of sp³-hybridized carbons (Fsp3) is 0.0690. The lowest BCUT2D eigenvalue weighted by Gasteiger charge is -2.36. The van der Waals surface area contributed by atoms with Crippen molar-refractivity contribution < 1.29 is 4.42 Å². The first-order valence-corrected chi connectivity index (χ1v) is 21.0. The Labute approximate surface area is 349 Å². The van der Waals surface area contributed by atoms with Crippen molar-refractivity contribution in [3.8, 4) is 44.5 Å². The highest BCUT2D eigenvalue weighted by atomic mass is 16.3. The van der Waals surface area contributed by atoms with Crippen molar-refractivity contribution in [2.75, 3.05) is 4.90 Å². The molecule has 9 aromatic carbocycles. The van der Waals surface area contributed by atoms with Crippen molar-refractivity contribution in [3.63, 3.8) is 0 Å². The van der Waals surface area contributed by atoms with Gasteiger partial charge in [0, 0.05) is 27.6 Å². The van der Waals surface area contributed by atoms with E-state index < -0.39 is 5.41 Å². The molecule has 1 spiro atoms. The molecule has 13 rings (SSSR count). The second-order valence-corrected chi connectivity index (χ2v) is 17.2. The third-order valence-corrected chi connectivity index (χ3v) is 13.9. The number of furan rings is 1. The van der Waals surface area contributed by atoms with Crippen LogP contribution >= 0.6 is 0 Å². The van der Waals surface area contributed by atoms with Gasteiger partial charge in [0.25, 0.3) is 0 Å². The molecule has 0 saturated heterocycles. The molecule has 10 aromatic rings. The summed E-state index contributed by atoms with van der Waals surface area (Å²) >= 11 is 0. The second-order valence-electron chi connectivity index (χ2n) is 17.2. The van der Waals surface area contributed by atoms with Crippen LogP contribution in [-0.2, 0) is 10.8 Å². The SMILES string of the molecule is CC1(C)c2ccccc2-c2ccc(N(c3ccc4c(c3)-c3ccccc3-c3ccccc3C43c4ccccc4-c4ccccc43)c3cccc4c3oc3ccccc34)cc21. The van der Waals surface area contributed by atoms with Gasteiger partial charge in [-0.05, 0) is 114 Å². The first-order chi connectivity index (χ1) is 29.5. The van der Waals surface area contributed by atoms with Gasteiger partial charge in [0.1, 0.15) is 5.58 Å². The van der Waals surface area contributed by atoms with Gasteiger partial charge < -0.3 is 9.32 Å². The summed E-state index contributed by atoms with van der Waals surface area (Å²) in [6.45, 7) is 4.72. The van der Waals surface area contributed by atoms with Crippen LogP contribution in [0.1, 0.15) is 47.2 Å². The van der Waals surface area contributed by atoms with Crippen LogP contribution in [0.5, 0.6) is 0 Å². The molecule has 0 fully saturated rings. The maximum absolute atomic E-state index is 6.84. The van der Waals surface area contributed by atoms with Gasteiger partial charge in [-0.1, -0.05) is 178 Å². The summed E-state index contributed by atoms with van der Waals surface area (Å²) in [6.07, 6.45) is 0. The third-order valence-electron chi connectivity index (χ3n) is 13.9. The van der Waals surface area contributed by atoms with E-state index in [9.17, 15) is 0 Å². The van der Waals surface area contributed by atoms with Gasteiger partial charge in [-0.25, -0.2) is 0 Å². The van der Waals surface area contributed by atoms with Crippen molar-refractivity contribution in [2.24, 2.45) is 0 Å². The normalized spacial score (nSPS) is 14.4. The number of benzene rings is 9. The van der Waals surface area contributed by atoms with E-state index in [4.69, 9.17) is 4.42 Å². The van der Waals surface area contributed by atoms with Crippen LogP contribution in [0.2, 0.25) is 0 Å². The molecule has 3 aliphatic carbocycles. The Morgan fingerprint density at radius 2 is 0.817 bits per heavy atom. The van der Waals surface area contributed by atoms with Gasteiger partial charge in [0.15, 0.2) is 5.58 Å². The van der Waals surface area contributed by atoms with Crippen LogP contribution in [0, 0.1) is 0 Å². The number of hydrogen-bond donors (Lipinski definition) is 0. The Morgan fingerprint density at radius 1 is 0.350 bits per heavy atom. The van der Waals surface area contributed by atoms with Crippen molar-refractivity contribution in [3.05, 3.63) is 234 Å². The summed E-state index contributed by atoms with van der Waals surface area (Å²) in [5, 5.41) is 2.23. The lowest BCUT2D eigenvalue weighted by Crippen LogP contribution is -2.29. The molecule has 60 heavy (non-hydrogen) atoms. The molecule has 0 bridgehead atoms. The molecule has 1 heterocycles. The van der Waals surface area contributed by atoms with Gasteiger partial charge in [-0.2, -0.15) is 0 Å². The number of rotatable bonds is 3. The van der Waals surface area contributed by atoms with Crippen LogP contribution in [0.3, 0.4) is 0 Å². The summed E-state index contributed by atoms with van der Waals surface area (Å²) in [5.74, 6) is 0. The highest BCUT2D eigenvalue weighted by molar-refractivity contribution is 6.10. The lowest BCUT2D eigenvalue weighted by atomic mass is 9.66. The van der Waals surface area contributed by atoms with Gasteiger partial charge >= 0.3 is 0 Å². The predicted molar refractivity (Wildman–Crippen MR) is 248 cm³/mol. The van der Waals surface area contributed by atoms with Gasteiger partial charge in [-0.3, -0.25) is 0 Å². The molecule has 3 aliphatic rings. The quantitative estimate of drug-likeness (QED) is 0.178. The number of hydrogen-bond acceptors (Lipinski definition) is 2. The van der Waals surface area contributed by atoms with E-state index in [0.29, 0.717) is 0 Å². The number of anilines is 3. The van der Waals surface area contributed by atoms with E-state index in [1.165, 1.54) is 77.9 Å². The standard InChI is InChI=1S/C58H39NO/c1-57(2)48-24-10-5-19-41(48)44-32-30-37(35-53(44)57)59(54-28-15-23-46-45-22-9-14-29-55(45)60-56(46)54)36-31-33-52-47(34-36)39-17-4-3-16-38(39)40-18-6-11-25-49(40)58(52)50-26-12-7-20-42(50)43-21-8-13-27-51(43)58/h3-35H,1-2H3. The minimum Gasteiger partial charge on any atom is -0.454 e. The van der Waals surface area contributed by atoms with E-state index >= 15 is 0 Å². The Bertz CT molecular complexity index is 3390. The van der Waals surface area contributed by atoms with Crippen molar-refractivity contribution >= 4 is 39.0 Å². The van der Waals surface area contributed by atoms with Crippen molar-refractivity contribution in [2.45, 2.75) is 24.7 Å². The average molecular weight is 766 g/mol. The number of fused-ring (bicyclic) bond motifs is 18. The van der Waals surface area contributed by atoms with Crippen LogP contribution in [0.4, 0.5) is 17.1 Å². The Balaban J connectivity index is 1.13. The molecule has 0 N–H and O–H groups in total. The largest absolute Gasteiger partial charge is 0.454 e. The first-order valence-electron chi connectivity index (χ1n) is 21.0. The van der Waals surface area contributed by atoms with E-state index in [2.05, 4.69) is 219 Å². The molecule has 0 saturated carbocycles. The van der Waals surface area contributed by atoms with E-state index in [0.717, 1.165) is 39.0 Å². The second kappa shape index (κ2) is 12.1. The topological polar surface area (TPSA) is 16.4 Å². The molecule has 282 valence electrons. The van der Waals surface area contributed by atoms with Gasteiger partial charge in [-0.15, -0.1) is 0 Å².